The van der Waals surface area contributed by atoms with Crippen LogP contribution in [0.25, 0.3) is 0 Å². The predicted molar refractivity (Wildman–Crippen MR) is 205 cm³/mol. The first-order valence-corrected chi connectivity index (χ1v) is 17.5. The molecular formula is C44H66O4. The summed E-state index contributed by atoms with van der Waals surface area (Å²) in [6.45, 7) is 40.3. The zero-order chi connectivity index (χ0) is 37.0. The molecule has 0 bridgehead atoms. The van der Waals surface area contributed by atoms with Gasteiger partial charge in [0.15, 0.2) is 0 Å². The molecule has 0 aromatic heterocycles. The fourth-order valence-corrected chi connectivity index (χ4v) is 6.01. The first-order chi connectivity index (χ1) is 21.5. The summed E-state index contributed by atoms with van der Waals surface area (Å²) >= 11 is 0. The van der Waals surface area contributed by atoms with Crippen LogP contribution < -0.4 is 18.9 Å². The number of methoxy groups -OCH3 is 2. The molecule has 48 heavy (non-hydrogen) atoms. The smallest absolute Gasteiger partial charge is 0.135 e. The molecule has 0 radical (unpaired) electrons. The largest absolute Gasteiger partial charge is 0.497 e. The first kappa shape index (κ1) is 39.3. The molecule has 0 aliphatic rings. The van der Waals surface area contributed by atoms with Crippen molar-refractivity contribution in [1.29, 1.82) is 0 Å². The van der Waals surface area contributed by atoms with Gasteiger partial charge in [-0.25, -0.2) is 0 Å². The quantitative estimate of drug-likeness (QED) is 0.264. The van der Waals surface area contributed by atoms with Crippen molar-refractivity contribution in [1.82, 2.24) is 0 Å². The lowest BCUT2D eigenvalue weighted by Crippen LogP contribution is -2.22. The van der Waals surface area contributed by atoms with E-state index in [1.807, 2.05) is 0 Å². The minimum atomic E-state index is -0.236. The third-order valence-corrected chi connectivity index (χ3v) is 8.95. The molecule has 0 unspecified atom stereocenters. The van der Waals surface area contributed by atoms with E-state index in [2.05, 4.69) is 161 Å². The van der Waals surface area contributed by atoms with Crippen molar-refractivity contribution >= 4 is 0 Å². The molecule has 0 heterocycles. The normalized spacial score (nSPS) is 13.4. The molecule has 0 aliphatic carbocycles. The molecule has 0 saturated carbocycles. The van der Waals surface area contributed by atoms with Gasteiger partial charge in [-0.3, -0.25) is 0 Å². The van der Waals surface area contributed by atoms with Gasteiger partial charge in [0.2, 0.25) is 0 Å². The second kappa shape index (κ2) is 13.0. The van der Waals surface area contributed by atoms with E-state index in [4.69, 9.17) is 18.9 Å². The molecule has 4 nitrogen and oxygen atoms in total. The van der Waals surface area contributed by atoms with Crippen LogP contribution in [0, 0.1) is 0 Å². The highest BCUT2D eigenvalue weighted by atomic mass is 16.5. The number of rotatable bonds is 6. The molecular weight excluding hydrogens is 592 g/mol. The Labute approximate surface area is 293 Å². The Morgan fingerprint density at radius 3 is 0.688 bits per heavy atom. The van der Waals surface area contributed by atoms with Gasteiger partial charge in [0, 0.05) is 33.4 Å². The Balaban J connectivity index is 2.47. The van der Waals surface area contributed by atoms with Crippen LogP contribution in [0.1, 0.15) is 158 Å². The van der Waals surface area contributed by atoms with E-state index in [-0.39, 0.29) is 32.5 Å². The van der Waals surface area contributed by atoms with Crippen molar-refractivity contribution in [3.63, 3.8) is 0 Å². The van der Waals surface area contributed by atoms with Gasteiger partial charge in [-0.05, 0) is 68.9 Å². The highest BCUT2D eigenvalue weighted by molar-refractivity contribution is 5.60. The van der Waals surface area contributed by atoms with E-state index in [0.717, 1.165) is 67.9 Å². The molecule has 0 spiro atoms. The van der Waals surface area contributed by atoms with E-state index in [0.29, 0.717) is 0 Å². The monoisotopic (exact) mass is 658 g/mol. The summed E-state index contributed by atoms with van der Waals surface area (Å²) in [7, 11) is 3.47. The molecule has 0 atom stereocenters. The summed E-state index contributed by atoms with van der Waals surface area (Å²) in [5, 5.41) is 0. The Bertz CT molecular complexity index is 1420. The van der Waals surface area contributed by atoms with Crippen LogP contribution in [-0.2, 0) is 32.5 Å². The van der Waals surface area contributed by atoms with Gasteiger partial charge in [-0.2, -0.15) is 0 Å². The Hall–Kier alpha value is -3.14. The van der Waals surface area contributed by atoms with E-state index in [1.54, 1.807) is 14.2 Å². The first-order valence-electron chi connectivity index (χ1n) is 17.5. The molecule has 3 aromatic carbocycles. The van der Waals surface area contributed by atoms with Crippen LogP contribution in [-0.4, -0.2) is 14.2 Å². The number of hydrogen-bond donors (Lipinski definition) is 0. The van der Waals surface area contributed by atoms with Crippen LogP contribution >= 0.6 is 0 Å². The summed E-state index contributed by atoms with van der Waals surface area (Å²) in [4.78, 5) is 0. The number of hydrogen-bond acceptors (Lipinski definition) is 4. The SMILES string of the molecule is COc1cc(C(C)(C)C)c(Oc2cc(C(C)(C)C)c(Oc3c(C(C)(C)C)cc(OC)cc3C(C)(C)C)cc2C(C)(C)C)c(C(C)(C)C)c1. The second-order valence-electron chi connectivity index (χ2n) is 19.7. The summed E-state index contributed by atoms with van der Waals surface area (Å²) in [5.74, 6) is 5.18. The predicted octanol–water partition coefficient (Wildman–Crippen LogP) is 13.1. The van der Waals surface area contributed by atoms with Gasteiger partial charge >= 0.3 is 0 Å². The summed E-state index contributed by atoms with van der Waals surface area (Å²) in [6.07, 6.45) is 0. The van der Waals surface area contributed by atoms with Gasteiger partial charge in [0.05, 0.1) is 14.2 Å². The van der Waals surface area contributed by atoms with E-state index >= 15 is 0 Å². The molecule has 3 rings (SSSR count). The van der Waals surface area contributed by atoms with Crippen molar-refractivity contribution < 1.29 is 18.9 Å². The fourth-order valence-electron chi connectivity index (χ4n) is 6.01. The number of benzene rings is 3. The number of ether oxygens (including phenoxy) is 4. The van der Waals surface area contributed by atoms with Gasteiger partial charge in [0.25, 0.3) is 0 Å². The van der Waals surface area contributed by atoms with Crippen LogP contribution in [0.2, 0.25) is 0 Å². The van der Waals surface area contributed by atoms with Crippen LogP contribution in [0.3, 0.4) is 0 Å². The van der Waals surface area contributed by atoms with Crippen molar-refractivity contribution in [2.24, 2.45) is 0 Å². The maximum atomic E-state index is 7.25. The van der Waals surface area contributed by atoms with Gasteiger partial charge in [-0.15, -0.1) is 0 Å². The van der Waals surface area contributed by atoms with Gasteiger partial charge in [0.1, 0.15) is 34.5 Å². The summed E-state index contributed by atoms with van der Waals surface area (Å²) in [5.41, 5.74) is 5.46. The Morgan fingerprint density at radius 2 is 0.521 bits per heavy atom. The van der Waals surface area contributed by atoms with Crippen molar-refractivity contribution in [3.8, 4) is 34.5 Å². The van der Waals surface area contributed by atoms with Crippen molar-refractivity contribution in [2.75, 3.05) is 14.2 Å². The lowest BCUT2D eigenvalue weighted by molar-refractivity contribution is 0.386. The second-order valence-corrected chi connectivity index (χ2v) is 19.7. The third kappa shape index (κ3) is 8.71. The summed E-state index contributed by atoms with van der Waals surface area (Å²) in [6, 6.07) is 13.0. The lowest BCUT2D eigenvalue weighted by atomic mass is 9.78. The highest BCUT2D eigenvalue weighted by Gasteiger charge is 2.34. The van der Waals surface area contributed by atoms with Crippen LogP contribution in [0.15, 0.2) is 36.4 Å². The maximum Gasteiger partial charge on any atom is 0.135 e. The van der Waals surface area contributed by atoms with Crippen LogP contribution in [0.5, 0.6) is 34.5 Å². The summed E-state index contributed by atoms with van der Waals surface area (Å²) < 4.78 is 26.1. The average molecular weight is 659 g/mol. The fraction of sp³-hybridized carbons (Fsp3) is 0.591. The molecule has 266 valence electrons. The highest BCUT2D eigenvalue weighted by Crippen LogP contribution is 2.51. The Morgan fingerprint density at radius 1 is 0.312 bits per heavy atom. The molecule has 0 aliphatic heterocycles. The maximum absolute atomic E-state index is 7.25. The van der Waals surface area contributed by atoms with Gasteiger partial charge < -0.3 is 18.9 Å². The standard InChI is InChI=1S/C44H66O4/c1-39(2,3)29-25-36(48-38-33(43(13,14)15)23-28(46-20)24-34(38)44(16,17)18)30(40(4,5)6)26-35(29)47-37-31(41(7,8)9)21-27(45-19)22-32(37)42(10,11)12/h21-26H,1-20H3. The molecule has 0 fully saturated rings. The molecule has 4 heteroatoms. The minimum Gasteiger partial charge on any atom is -0.497 e. The zero-order valence-electron chi connectivity index (χ0n) is 34.1. The van der Waals surface area contributed by atoms with Gasteiger partial charge in [-0.1, -0.05) is 125 Å². The molecule has 0 N–H and O–H groups in total. The zero-order valence-corrected chi connectivity index (χ0v) is 34.1. The van der Waals surface area contributed by atoms with E-state index < -0.39 is 0 Å². The van der Waals surface area contributed by atoms with Crippen molar-refractivity contribution in [2.45, 2.75) is 157 Å². The minimum absolute atomic E-state index is 0.178. The molecule has 0 saturated heterocycles. The Kier molecular flexibility index (Phi) is 10.6. The lowest BCUT2D eigenvalue weighted by Gasteiger charge is -2.34. The van der Waals surface area contributed by atoms with E-state index in [9.17, 15) is 0 Å². The van der Waals surface area contributed by atoms with Crippen molar-refractivity contribution in [3.05, 3.63) is 69.8 Å². The van der Waals surface area contributed by atoms with Crippen LogP contribution in [0.4, 0.5) is 0 Å². The third-order valence-electron chi connectivity index (χ3n) is 8.95. The topological polar surface area (TPSA) is 36.9 Å². The molecule has 0 amide bonds. The molecule has 3 aromatic rings. The van der Waals surface area contributed by atoms with E-state index in [1.165, 1.54) is 0 Å². The average Bonchev–Trinajstić information content (AvgIpc) is 2.90.